The second kappa shape index (κ2) is 5.95. The van der Waals surface area contributed by atoms with E-state index in [4.69, 9.17) is 4.74 Å². The molecule has 0 spiro atoms. The third kappa shape index (κ3) is 2.80. The monoisotopic (exact) mass is 296 g/mol. The zero-order chi connectivity index (χ0) is 15.7. The maximum atomic E-state index is 13.0. The number of piperazine rings is 1. The molecule has 2 amide bonds. The number of nitrogens with zero attached hydrogens (tertiary/aromatic N) is 1. The molecule has 0 saturated carbocycles. The van der Waals surface area contributed by atoms with Crippen LogP contribution in [-0.2, 0) is 14.3 Å². The van der Waals surface area contributed by atoms with Crippen LogP contribution in [-0.4, -0.2) is 47.0 Å². The molecule has 1 N–H and O–H groups in total. The lowest BCUT2D eigenvalue weighted by atomic mass is 9.85. The number of nitrogens with one attached hydrogen (secondary N) is 1. The Hall–Kier alpha value is -1.10. The van der Waals surface area contributed by atoms with Gasteiger partial charge in [-0.25, -0.2) is 0 Å². The fourth-order valence-corrected chi connectivity index (χ4v) is 3.57. The van der Waals surface area contributed by atoms with Crippen molar-refractivity contribution < 1.29 is 14.3 Å². The highest BCUT2D eigenvalue weighted by Gasteiger charge is 2.50. The fraction of sp³-hybridized carbons (Fsp3) is 0.875. The largest absolute Gasteiger partial charge is 0.373 e. The Morgan fingerprint density at radius 2 is 1.95 bits per heavy atom. The van der Waals surface area contributed by atoms with Crippen molar-refractivity contribution in [3.8, 4) is 0 Å². The van der Waals surface area contributed by atoms with Gasteiger partial charge in [-0.3, -0.25) is 9.59 Å². The molecule has 2 fully saturated rings. The van der Waals surface area contributed by atoms with Crippen LogP contribution in [0.2, 0.25) is 0 Å². The lowest BCUT2D eigenvalue weighted by Crippen LogP contribution is -2.71. The minimum absolute atomic E-state index is 0.0256. The number of rotatable bonds is 5. The summed E-state index contributed by atoms with van der Waals surface area (Å²) in [5, 5.41) is 2.98. The minimum Gasteiger partial charge on any atom is -0.373 e. The summed E-state index contributed by atoms with van der Waals surface area (Å²) in [7, 11) is 0. The van der Waals surface area contributed by atoms with E-state index in [0.29, 0.717) is 25.8 Å². The molecule has 2 atom stereocenters. The SMILES string of the molecule is CCC1C(=O)NC(CC)(CC)C(=O)N1CC1(C)CCCO1. The molecular weight excluding hydrogens is 268 g/mol. The molecule has 5 nitrogen and oxygen atoms in total. The van der Waals surface area contributed by atoms with Crippen LogP contribution >= 0.6 is 0 Å². The maximum absolute atomic E-state index is 13.0. The topological polar surface area (TPSA) is 58.6 Å². The highest BCUT2D eigenvalue weighted by Crippen LogP contribution is 2.31. The molecule has 0 aromatic rings. The smallest absolute Gasteiger partial charge is 0.249 e. The van der Waals surface area contributed by atoms with Gasteiger partial charge in [0.15, 0.2) is 0 Å². The van der Waals surface area contributed by atoms with Crippen LogP contribution in [0.1, 0.15) is 59.8 Å². The van der Waals surface area contributed by atoms with Crippen LogP contribution in [0.15, 0.2) is 0 Å². The van der Waals surface area contributed by atoms with Crippen molar-refractivity contribution in [1.82, 2.24) is 10.2 Å². The molecule has 2 aliphatic rings. The lowest BCUT2D eigenvalue weighted by Gasteiger charge is -2.47. The number of carbonyl (C=O) groups is 2. The van der Waals surface area contributed by atoms with E-state index in [1.54, 1.807) is 4.90 Å². The van der Waals surface area contributed by atoms with Gasteiger partial charge in [-0.1, -0.05) is 20.8 Å². The minimum atomic E-state index is -0.738. The summed E-state index contributed by atoms with van der Waals surface area (Å²) < 4.78 is 5.83. The number of carbonyl (C=O) groups excluding carboxylic acids is 2. The Morgan fingerprint density at radius 1 is 1.29 bits per heavy atom. The predicted octanol–water partition coefficient (Wildman–Crippen LogP) is 1.85. The van der Waals surface area contributed by atoms with Gasteiger partial charge >= 0.3 is 0 Å². The Labute approximate surface area is 127 Å². The molecule has 21 heavy (non-hydrogen) atoms. The first-order valence-electron chi connectivity index (χ1n) is 8.18. The first-order valence-corrected chi connectivity index (χ1v) is 8.18. The normalized spacial score (nSPS) is 32.4. The second-order valence-corrected chi connectivity index (χ2v) is 6.54. The standard InChI is InChI=1S/C16H28N2O3/c1-5-12-13(19)17-16(6-2,7-3)14(20)18(12)11-15(4)9-8-10-21-15/h12H,5-11H2,1-4H3,(H,17,19). The van der Waals surface area contributed by atoms with Crippen LogP contribution in [0.4, 0.5) is 0 Å². The Morgan fingerprint density at radius 3 is 2.43 bits per heavy atom. The number of ether oxygens (including phenoxy) is 1. The van der Waals surface area contributed by atoms with Crippen molar-refractivity contribution in [2.24, 2.45) is 0 Å². The van der Waals surface area contributed by atoms with Gasteiger partial charge in [0.2, 0.25) is 11.8 Å². The van der Waals surface area contributed by atoms with Gasteiger partial charge in [0, 0.05) is 6.61 Å². The molecule has 0 aromatic carbocycles. The van der Waals surface area contributed by atoms with Gasteiger partial charge in [0.25, 0.3) is 0 Å². The molecule has 2 saturated heterocycles. The molecule has 2 aliphatic heterocycles. The summed E-state index contributed by atoms with van der Waals surface area (Å²) in [4.78, 5) is 27.2. The van der Waals surface area contributed by atoms with Crippen molar-refractivity contribution in [1.29, 1.82) is 0 Å². The molecule has 0 aromatic heterocycles. The average Bonchev–Trinajstić information content (AvgIpc) is 2.89. The Balaban J connectivity index is 2.28. The van der Waals surface area contributed by atoms with Gasteiger partial charge in [0.1, 0.15) is 11.6 Å². The third-order valence-electron chi connectivity index (χ3n) is 5.11. The van der Waals surface area contributed by atoms with Gasteiger partial charge in [-0.2, -0.15) is 0 Å². The van der Waals surface area contributed by atoms with E-state index in [1.165, 1.54) is 0 Å². The van der Waals surface area contributed by atoms with Crippen molar-refractivity contribution in [2.45, 2.75) is 77.0 Å². The Kier molecular flexibility index (Phi) is 4.61. The quantitative estimate of drug-likeness (QED) is 0.842. The third-order valence-corrected chi connectivity index (χ3v) is 5.11. The van der Waals surface area contributed by atoms with Crippen LogP contribution < -0.4 is 5.32 Å². The van der Waals surface area contributed by atoms with Gasteiger partial charge in [-0.05, 0) is 39.0 Å². The van der Waals surface area contributed by atoms with E-state index >= 15 is 0 Å². The van der Waals surface area contributed by atoms with Gasteiger partial charge in [0.05, 0.1) is 12.1 Å². The molecular formula is C16H28N2O3. The molecule has 2 unspecified atom stereocenters. The van der Waals surface area contributed by atoms with E-state index in [1.807, 2.05) is 27.7 Å². The molecule has 0 radical (unpaired) electrons. The van der Waals surface area contributed by atoms with E-state index in [0.717, 1.165) is 19.4 Å². The summed E-state index contributed by atoms with van der Waals surface area (Å²) in [6, 6.07) is -0.371. The Bertz CT molecular complexity index is 412. The van der Waals surface area contributed by atoms with E-state index in [-0.39, 0.29) is 23.5 Å². The summed E-state index contributed by atoms with van der Waals surface area (Å²) >= 11 is 0. The van der Waals surface area contributed by atoms with Crippen LogP contribution in [0.25, 0.3) is 0 Å². The first-order chi connectivity index (χ1) is 9.91. The second-order valence-electron chi connectivity index (χ2n) is 6.54. The van der Waals surface area contributed by atoms with Crippen molar-refractivity contribution in [3.63, 3.8) is 0 Å². The molecule has 5 heteroatoms. The van der Waals surface area contributed by atoms with Crippen molar-refractivity contribution in [2.75, 3.05) is 13.2 Å². The molecule has 0 bridgehead atoms. The number of hydrogen-bond donors (Lipinski definition) is 1. The first kappa shape index (κ1) is 16.3. The molecule has 120 valence electrons. The van der Waals surface area contributed by atoms with E-state index in [9.17, 15) is 9.59 Å². The predicted molar refractivity (Wildman–Crippen MR) is 80.8 cm³/mol. The van der Waals surface area contributed by atoms with Crippen molar-refractivity contribution >= 4 is 11.8 Å². The highest BCUT2D eigenvalue weighted by atomic mass is 16.5. The zero-order valence-corrected chi connectivity index (χ0v) is 13.7. The zero-order valence-electron chi connectivity index (χ0n) is 13.7. The summed E-state index contributed by atoms with van der Waals surface area (Å²) in [6.07, 6.45) is 3.85. The number of hydrogen-bond acceptors (Lipinski definition) is 3. The number of amides is 2. The molecule has 2 rings (SSSR count). The summed E-state index contributed by atoms with van der Waals surface area (Å²) in [6.45, 7) is 9.17. The van der Waals surface area contributed by atoms with Crippen LogP contribution in [0, 0.1) is 0 Å². The van der Waals surface area contributed by atoms with E-state index < -0.39 is 5.54 Å². The molecule has 2 heterocycles. The summed E-state index contributed by atoms with van der Waals surface area (Å²) in [5.74, 6) is 0.0260. The van der Waals surface area contributed by atoms with Crippen LogP contribution in [0.3, 0.4) is 0 Å². The van der Waals surface area contributed by atoms with Crippen LogP contribution in [0.5, 0.6) is 0 Å². The highest BCUT2D eigenvalue weighted by molar-refractivity contribution is 5.99. The lowest BCUT2D eigenvalue weighted by molar-refractivity contribution is -0.159. The fourth-order valence-electron chi connectivity index (χ4n) is 3.57. The van der Waals surface area contributed by atoms with Crippen molar-refractivity contribution in [3.05, 3.63) is 0 Å². The average molecular weight is 296 g/mol. The summed E-state index contributed by atoms with van der Waals surface area (Å²) in [5.41, 5.74) is -1.05. The maximum Gasteiger partial charge on any atom is 0.249 e. The van der Waals surface area contributed by atoms with Gasteiger partial charge in [-0.15, -0.1) is 0 Å². The van der Waals surface area contributed by atoms with E-state index in [2.05, 4.69) is 5.32 Å². The molecule has 0 aliphatic carbocycles. The van der Waals surface area contributed by atoms with Gasteiger partial charge < -0.3 is 15.0 Å².